The molecular formula is C23H19NO. The lowest BCUT2D eigenvalue weighted by molar-refractivity contribution is -0.119. The maximum Gasteiger partial charge on any atom is 0.228 e. The highest BCUT2D eigenvalue weighted by molar-refractivity contribution is 6.03. The van der Waals surface area contributed by atoms with E-state index in [-0.39, 0.29) is 11.8 Å². The number of benzene rings is 3. The van der Waals surface area contributed by atoms with Crippen LogP contribution in [0.5, 0.6) is 0 Å². The minimum absolute atomic E-state index is 0.0585. The summed E-state index contributed by atoms with van der Waals surface area (Å²) in [5.74, 6) is 2.77. The van der Waals surface area contributed by atoms with Gasteiger partial charge in [0.2, 0.25) is 5.91 Å². The summed E-state index contributed by atoms with van der Waals surface area (Å²) in [6, 6.07) is 20.9. The summed E-state index contributed by atoms with van der Waals surface area (Å²) < 4.78 is 0. The van der Waals surface area contributed by atoms with Gasteiger partial charge in [-0.15, -0.1) is 6.42 Å². The highest BCUT2D eigenvalue weighted by Gasteiger charge is 2.33. The lowest BCUT2D eigenvalue weighted by Gasteiger charge is -2.34. The fourth-order valence-corrected chi connectivity index (χ4v) is 3.75. The van der Waals surface area contributed by atoms with Crippen LogP contribution in [-0.4, -0.2) is 12.5 Å². The average molecular weight is 325 g/mol. The topological polar surface area (TPSA) is 20.3 Å². The Morgan fingerprint density at radius 1 is 1.08 bits per heavy atom. The van der Waals surface area contributed by atoms with Crippen molar-refractivity contribution in [3.63, 3.8) is 0 Å². The van der Waals surface area contributed by atoms with Crippen molar-refractivity contribution < 1.29 is 4.79 Å². The molecular weight excluding hydrogens is 306 g/mol. The summed E-state index contributed by atoms with van der Waals surface area (Å²) >= 11 is 0. The van der Waals surface area contributed by atoms with Gasteiger partial charge < -0.3 is 4.90 Å². The fourth-order valence-electron chi connectivity index (χ4n) is 3.75. The number of rotatable bonds is 2. The zero-order valence-electron chi connectivity index (χ0n) is 14.2. The molecule has 1 aliphatic rings. The van der Waals surface area contributed by atoms with E-state index in [0.717, 1.165) is 5.69 Å². The van der Waals surface area contributed by atoms with Crippen LogP contribution in [0.2, 0.25) is 0 Å². The molecule has 0 radical (unpaired) electrons. The predicted molar refractivity (Wildman–Crippen MR) is 103 cm³/mol. The lowest BCUT2D eigenvalue weighted by atomic mass is 9.81. The Labute approximate surface area is 148 Å². The molecule has 0 fully saturated rings. The first-order valence-corrected chi connectivity index (χ1v) is 8.51. The zero-order valence-corrected chi connectivity index (χ0v) is 14.2. The molecule has 0 saturated carbocycles. The lowest BCUT2D eigenvalue weighted by Crippen LogP contribution is -2.37. The summed E-state index contributed by atoms with van der Waals surface area (Å²) in [6.07, 6.45) is 5.96. The van der Waals surface area contributed by atoms with Gasteiger partial charge in [0.15, 0.2) is 0 Å². The van der Waals surface area contributed by atoms with Crippen molar-refractivity contribution in [2.45, 2.75) is 19.3 Å². The molecule has 1 heterocycles. The third-order valence-corrected chi connectivity index (χ3v) is 5.00. The van der Waals surface area contributed by atoms with E-state index >= 15 is 0 Å². The minimum Gasteiger partial charge on any atom is -0.300 e. The Morgan fingerprint density at radius 3 is 2.60 bits per heavy atom. The summed E-state index contributed by atoms with van der Waals surface area (Å²) in [5, 5.41) is 2.38. The molecule has 0 spiro atoms. The molecule has 0 N–H and O–H groups in total. The first-order chi connectivity index (χ1) is 12.2. The van der Waals surface area contributed by atoms with E-state index in [1.54, 1.807) is 4.90 Å². The van der Waals surface area contributed by atoms with Crippen molar-refractivity contribution in [2.75, 3.05) is 11.4 Å². The smallest absolute Gasteiger partial charge is 0.228 e. The molecule has 1 atom stereocenters. The van der Waals surface area contributed by atoms with Crippen molar-refractivity contribution in [1.29, 1.82) is 0 Å². The van der Waals surface area contributed by atoms with Crippen LogP contribution in [0, 0.1) is 19.3 Å². The van der Waals surface area contributed by atoms with Gasteiger partial charge in [0.05, 0.1) is 6.54 Å². The molecule has 0 saturated heterocycles. The molecule has 1 unspecified atom stereocenters. The molecule has 1 aliphatic heterocycles. The monoisotopic (exact) mass is 325 g/mol. The zero-order chi connectivity index (χ0) is 17.4. The molecule has 0 aromatic heterocycles. The molecule has 3 aromatic rings. The van der Waals surface area contributed by atoms with Crippen molar-refractivity contribution in [3.8, 4) is 12.3 Å². The van der Waals surface area contributed by atoms with Crippen molar-refractivity contribution in [2.24, 2.45) is 0 Å². The number of nitrogens with zero attached hydrogens (tertiary/aromatic N) is 1. The Morgan fingerprint density at radius 2 is 1.84 bits per heavy atom. The fraction of sp³-hybridized carbons (Fsp3) is 0.174. The molecule has 122 valence electrons. The summed E-state index contributed by atoms with van der Waals surface area (Å²) in [4.78, 5) is 14.5. The van der Waals surface area contributed by atoms with Gasteiger partial charge in [0.25, 0.3) is 0 Å². The Bertz CT molecular complexity index is 995. The number of hydrogen-bond donors (Lipinski definition) is 0. The van der Waals surface area contributed by atoms with Gasteiger partial charge in [-0.1, -0.05) is 66.1 Å². The quantitative estimate of drug-likeness (QED) is 0.628. The molecule has 3 aromatic carbocycles. The number of fused-ring (bicyclic) bond motifs is 3. The number of terminal acetylenes is 1. The van der Waals surface area contributed by atoms with Gasteiger partial charge >= 0.3 is 0 Å². The van der Waals surface area contributed by atoms with E-state index in [4.69, 9.17) is 6.42 Å². The van der Waals surface area contributed by atoms with Crippen LogP contribution in [0.4, 0.5) is 5.69 Å². The van der Waals surface area contributed by atoms with Crippen LogP contribution in [0.15, 0.2) is 60.7 Å². The molecule has 25 heavy (non-hydrogen) atoms. The minimum atomic E-state index is 0.0585. The van der Waals surface area contributed by atoms with Gasteiger partial charge in [0, 0.05) is 18.0 Å². The number of amides is 1. The van der Waals surface area contributed by atoms with Crippen molar-refractivity contribution >= 4 is 22.4 Å². The largest absolute Gasteiger partial charge is 0.300 e. The van der Waals surface area contributed by atoms with Gasteiger partial charge in [-0.25, -0.2) is 0 Å². The third-order valence-electron chi connectivity index (χ3n) is 5.00. The maximum atomic E-state index is 12.8. The standard InChI is InChI=1S/C23H19NO/c1-3-14-24-21-13-12-17-6-4-5-7-19(17)23(21)20(15-22(24)25)18-10-8-16(2)9-11-18/h1,4-13,20H,14-15H2,2H3. The van der Waals surface area contributed by atoms with E-state index in [9.17, 15) is 4.79 Å². The molecule has 1 amide bonds. The first kappa shape index (κ1) is 15.5. The van der Waals surface area contributed by atoms with Gasteiger partial charge in [0.1, 0.15) is 0 Å². The van der Waals surface area contributed by atoms with Crippen LogP contribution in [0.3, 0.4) is 0 Å². The number of carbonyl (C=O) groups excluding carboxylic acids is 1. The third kappa shape index (κ3) is 2.58. The molecule has 2 heteroatoms. The van der Waals surface area contributed by atoms with Crippen LogP contribution in [0.1, 0.15) is 29.0 Å². The second-order valence-corrected chi connectivity index (χ2v) is 6.57. The van der Waals surface area contributed by atoms with Crippen LogP contribution in [-0.2, 0) is 4.79 Å². The first-order valence-electron chi connectivity index (χ1n) is 8.51. The summed E-state index contributed by atoms with van der Waals surface area (Å²) in [7, 11) is 0. The van der Waals surface area contributed by atoms with Gasteiger partial charge in [-0.2, -0.15) is 0 Å². The van der Waals surface area contributed by atoms with Crippen LogP contribution >= 0.6 is 0 Å². The van der Waals surface area contributed by atoms with Crippen LogP contribution in [0.25, 0.3) is 10.8 Å². The van der Waals surface area contributed by atoms with E-state index in [0.29, 0.717) is 13.0 Å². The van der Waals surface area contributed by atoms with Gasteiger partial charge in [-0.3, -0.25) is 4.79 Å². The highest BCUT2D eigenvalue weighted by Crippen LogP contribution is 2.43. The van der Waals surface area contributed by atoms with E-state index in [1.165, 1.54) is 27.5 Å². The Kier molecular flexibility index (Phi) is 3.78. The Hall–Kier alpha value is -3.05. The van der Waals surface area contributed by atoms with Crippen LogP contribution < -0.4 is 4.90 Å². The molecule has 4 rings (SSSR count). The summed E-state index contributed by atoms with van der Waals surface area (Å²) in [5.41, 5.74) is 4.55. The van der Waals surface area contributed by atoms with E-state index < -0.39 is 0 Å². The second-order valence-electron chi connectivity index (χ2n) is 6.57. The van der Waals surface area contributed by atoms with Crippen molar-refractivity contribution in [1.82, 2.24) is 0 Å². The maximum absolute atomic E-state index is 12.8. The highest BCUT2D eigenvalue weighted by atomic mass is 16.2. The average Bonchev–Trinajstić information content (AvgIpc) is 2.64. The van der Waals surface area contributed by atoms with E-state index in [2.05, 4.69) is 61.4 Å². The molecule has 0 aliphatic carbocycles. The number of carbonyl (C=O) groups is 1. The Balaban J connectivity index is 1.98. The SMILES string of the molecule is C#CCN1C(=O)CC(c2ccc(C)cc2)c2c1ccc1ccccc21. The van der Waals surface area contributed by atoms with Gasteiger partial charge in [-0.05, 0) is 34.9 Å². The number of hydrogen-bond acceptors (Lipinski definition) is 1. The molecule has 2 nitrogen and oxygen atoms in total. The summed E-state index contributed by atoms with van der Waals surface area (Å²) in [6.45, 7) is 2.39. The number of aryl methyl sites for hydroxylation is 1. The predicted octanol–water partition coefficient (Wildman–Crippen LogP) is 4.65. The normalized spacial score (nSPS) is 16.6. The molecule has 0 bridgehead atoms. The number of anilines is 1. The van der Waals surface area contributed by atoms with E-state index in [1.807, 2.05) is 12.1 Å². The second kappa shape index (κ2) is 6.11. The van der Waals surface area contributed by atoms with Crippen molar-refractivity contribution in [3.05, 3.63) is 77.4 Å².